The second-order valence-electron chi connectivity index (χ2n) is 4.96. The zero-order valence-electron chi connectivity index (χ0n) is 10.3. The van der Waals surface area contributed by atoms with E-state index in [1.807, 2.05) is 0 Å². The molecule has 1 aliphatic heterocycles. The molecule has 0 amide bonds. The Bertz CT molecular complexity index is 512. The van der Waals surface area contributed by atoms with E-state index in [-0.39, 0.29) is 0 Å². The molecule has 88 valence electrons. The van der Waals surface area contributed by atoms with Crippen LogP contribution in [0, 0.1) is 5.92 Å². The molecule has 1 fully saturated rings. The van der Waals surface area contributed by atoms with E-state index < -0.39 is 0 Å². The highest BCUT2D eigenvalue weighted by molar-refractivity contribution is 5.86. The lowest BCUT2D eigenvalue weighted by Gasteiger charge is -2.20. The van der Waals surface area contributed by atoms with Gasteiger partial charge in [0.05, 0.1) is 0 Å². The van der Waals surface area contributed by atoms with Gasteiger partial charge in [-0.3, -0.25) is 0 Å². The summed E-state index contributed by atoms with van der Waals surface area (Å²) in [6.45, 7) is 3.46. The Morgan fingerprint density at radius 3 is 2.82 bits per heavy atom. The van der Waals surface area contributed by atoms with Crippen LogP contribution in [0.2, 0.25) is 0 Å². The van der Waals surface area contributed by atoms with Gasteiger partial charge in [-0.25, -0.2) is 0 Å². The maximum atomic E-state index is 3.67. The summed E-state index contributed by atoms with van der Waals surface area (Å²) in [7, 11) is 0. The number of benzene rings is 2. The topological polar surface area (TPSA) is 12.0 Å². The Kier molecular flexibility index (Phi) is 2.86. The summed E-state index contributed by atoms with van der Waals surface area (Å²) in [6, 6.07) is 15.9. The van der Waals surface area contributed by atoms with E-state index in [1.165, 1.54) is 29.2 Å². The highest BCUT2D eigenvalue weighted by atomic mass is 14.9. The average Bonchev–Trinajstić information content (AvgIpc) is 2.86. The quantitative estimate of drug-likeness (QED) is 0.817. The number of fused-ring (bicyclic) bond motifs is 1. The Morgan fingerprint density at radius 1 is 1.12 bits per heavy atom. The Labute approximate surface area is 103 Å². The first kappa shape index (κ1) is 10.8. The zero-order chi connectivity index (χ0) is 11.7. The highest BCUT2D eigenvalue weighted by Crippen LogP contribution is 2.35. The fourth-order valence-electron chi connectivity index (χ4n) is 3.08. The minimum atomic E-state index is 0.547. The van der Waals surface area contributed by atoms with E-state index in [0.29, 0.717) is 6.04 Å². The monoisotopic (exact) mass is 225 g/mol. The van der Waals surface area contributed by atoms with Crippen LogP contribution in [0.25, 0.3) is 10.8 Å². The van der Waals surface area contributed by atoms with Crippen LogP contribution in [-0.2, 0) is 0 Å². The van der Waals surface area contributed by atoms with E-state index in [0.717, 1.165) is 12.5 Å². The number of hydrogen-bond donors (Lipinski definition) is 1. The molecule has 0 aliphatic carbocycles. The van der Waals surface area contributed by atoms with Crippen LogP contribution in [0.4, 0.5) is 0 Å². The van der Waals surface area contributed by atoms with Crippen LogP contribution in [0.3, 0.4) is 0 Å². The molecule has 0 bridgehead atoms. The summed E-state index contributed by atoms with van der Waals surface area (Å²) in [6.07, 6.45) is 2.57. The van der Waals surface area contributed by atoms with Crippen molar-refractivity contribution in [3.05, 3.63) is 48.0 Å². The molecule has 2 atom stereocenters. The third-order valence-electron chi connectivity index (χ3n) is 4.03. The lowest BCUT2D eigenvalue weighted by Crippen LogP contribution is -2.17. The molecule has 1 heterocycles. The normalized spacial score (nSPS) is 24.3. The van der Waals surface area contributed by atoms with Crippen molar-refractivity contribution in [1.82, 2.24) is 5.32 Å². The molecule has 17 heavy (non-hydrogen) atoms. The minimum Gasteiger partial charge on any atom is -0.310 e. The zero-order valence-corrected chi connectivity index (χ0v) is 10.3. The van der Waals surface area contributed by atoms with Crippen molar-refractivity contribution in [2.75, 3.05) is 6.54 Å². The Balaban J connectivity index is 2.10. The maximum Gasteiger partial charge on any atom is 0.0355 e. The van der Waals surface area contributed by atoms with Gasteiger partial charge < -0.3 is 5.32 Å². The number of rotatable bonds is 2. The molecule has 1 aliphatic rings. The SMILES string of the molecule is CC[C@H]1CCN[C@@H]1c1cccc2ccccc12. The van der Waals surface area contributed by atoms with Crippen LogP contribution in [0.15, 0.2) is 42.5 Å². The summed E-state index contributed by atoms with van der Waals surface area (Å²) in [5.74, 6) is 0.792. The van der Waals surface area contributed by atoms with Crippen molar-refractivity contribution in [2.45, 2.75) is 25.8 Å². The molecule has 0 aromatic heterocycles. The molecule has 1 nitrogen and oxygen atoms in total. The first-order chi connectivity index (χ1) is 8.40. The van der Waals surface area contributed by atoms with Gasteiger partial charge in [-0.2, -0.15) is 0 Å². The molecular formula is C16H19N. The molecule has 0 spiro atoms. The van der Waals surface area contributed by atoms with E-state index in [4.69, 9.17) is 0 Å². The van der Waals surface area contributed by atoms with E-state index in [1.54, 1.807) is 0 Å². The fraction of sp³-hybridized carbons (Fsp3) is 0.375. The van der Waals surface area contributed by atoms with Crippen molar-refractivity contribution in [1.29, 1.82) is 0 Å². The van der Waals surface area contributed by atoms with Gasteiger partial charge in [0.15, 0.2) is 0 Å². The van der Waals surface area contributed by atoms with Crippen molar-refractivity contribution in [3.63, 3.8) is 0 Å². The molecule has 1 N–H and O–H groups in total. The van der Waals surface area contributed by atoms with Crippen molar-refractivity contribution < 1.29 is 0 Å². The molecular weight excluding hydrogens is 206 g/mol. The van der Waals surface area contributed by atoms with Gasteiger partial charge in [-0.05, 0) is 35.2 Å². The smallest absolute Gasteiger partial charge is 0.0355 e. The largest absolute Gasteiger partial charge is 0.310 e. The second kappa shape index (κ2) is 4.50. The van der Waals surface area contributed by atoms with Crippen molar-refractivity contribution in [2.24, 2.45) is 5.92 Å². The van der Waals surface area contributed by atoms with Crippen molar-refractivity contribution in [3.8, 4) is 0 Å². The summed E-state index contributed by atoms with van der Waals surface area (Å²) in [4.78, 5) is 0. The molecule has 0 unspecified atom stereocenters. The number of hydrogen-bond acceptors (Lipinski definition) is 1. The summed E-state index contributed by atoms with van der Waals surface area (Å²) in [5, 5.41) is 6.43. The highest BCUT2D eigenvalue weighted by Gasteiger charge is 2.27. The fourth-order valence-corrected chi connectivity index (χ4v) is 3.08. The molecule has 1 saturated heterocycles. The third kappa shape index (κ3) is 1.85. The molecule has 0 radical (unpaired) electrons. The van der Waals surface area contributed by atoms with E-state index in [2.05, 4.69) is 54.7 Å². The van der Waals surface area contributed by atoms with Gasteiger partial charge in [0.2, 0.25) is 0 Å². The molecule has 1 heteroatoms. The van der Waals surface area contributed by atoms with Crippen LogP contribution >= 0.6 is 0 Å². The standard InChI is InChI=1S/C16H19N/c1-2-12-10-11-17-16(12)15-9-5-7-13-6-3-4-8-14(13)15/h3-9,12,16-17H,2,10-11H2,1H3/t12-,16-/m0/s1. The predicted molar refractivity (Wildman–Crippen MR) is 73.1 cm³/mol. The number of nitrogens with one attached hydrogen (secondary N) is 1. The first-order valence-corrected chi connectivity index (χ1v) is 6.61. The lowest BCUT2D eigenvalue weighted by molar-refractivity contribution is 0.452. The molecule has 3 rings (SSSR count). The van der Waals surface area contributed by atoms with E-state index >= 15 is 0 Å². The Hall–Kier alpha value is -1.34. The van der Waals surface area contributed by atoms with Crippen LogP contribution < -0.4 is 5.32 Å². The predicted octanol–water partition coefficient (Wildman–Crippen LogP) is 3.90. The van der Waals surface area contributed by atoms with Gasteiger partial charge >= 0.3 is 0 Å². The third-order valence-corrected chi connectivity index (χ3v) is 4.03. The van der Waals surface area contributed by atoms with Gasteiger partial charge in [0.1, 0.15) is 0 Å². The van der Waals surface area contributed by atoms with Crippen LogP contribution in [0.1, 0.15) is 31.4 Å². The van der Waals surface area contributed by atoms with Gasteiger partial charge in [0, 0.05) is 6.04 Å². The average molecular weight is 225 g/mol. The van der Waals surface area contributed by atoms with Gasteiger partial charge in [0.25, 0.3) is 0 Å². The van der Waals surface area contributed by atoms with Crippen molar-refractivity contribution >= 4 is 10.8 Å². The van der Waals surface area contributed by atoms with Crippen LogP contribution in [0.5, 0.6) is 0 Å². The van der Waals surface area contributed by atoms with E-state index in [9.17, 15) is 0 Å². The van der Waals surface area contributed by atoms with Gasteiger partial charge in [-0.1, -0.05) is 55.8 Å². The molecule has 2 aromatic carbocycles. The maximum absolute atomic E-state index is 3.67. The summed E-state index contributed by atoms with van der Waals surface area (Å²) < 4.78 is 0. The Morgan fingerprint density at radius 2 is 1.94 bits per heavy atom. The summed E-state index contributed by atoms with van der Waals surface area (Å²) >= 11 is 0. The lowest BCUT2D eigenvalue weighted by atomic mass is 9.89. The second-order valence-corrected chi connectivity index (χ2v) is 4.96. The molecule has 2 aromatic rings. The summed E-state index contributed by atoms with van der Waals surface area (Å²) in [5.41, 5.74) is 1.48. The minimum absolute atomic E-state index is 0.547. The molecule has 0 saturated carbocycles. The first-order valence-electron chi connectivity index (χ1n) is 6.61. The van der Waals surface area contributed by atoms with Gasteiger partial charge in [-0.15, -0.1) is 0 Å². The van der Waals surface area contributed by atoms with Crippen LogP contribution in [-0.4, -0.2) is 6.54 Å².